The van der Waals surface area contributed by atoms with Crippen LogP contribution in [0.2, 0.25) is 0 Å². The second kappa shape index (κ2) is 6.17. The molecule has 0 aliphatic heterocycles. The predicted molar refractivity (Wildman–Crippen MR) is 86.6 cm³/mol. The van der Waals surface area contributed by atoms with Gasteiger partial charge in [0.25, 0.3) is 0 Å². The second-order valence-corrected chi connectivity index (χ2v) is 6.12. The average molecular weight is 305 g/mol. The van der Waals surface area contributed by atoms with E-state index >= 15 is 0 Å². The first kappa shape index (κ1) is 16.0. The van der Waals surface area contributed by atoms with Gasteiger partial charge >= 0.3 is 6.09 Å². The number of hydrogen-bond acceptors (Lipinski definition) is 4. The summed E-state index contributed by atoms with van der Waals surface area (Å²) in [5.41, 5.74) is 1.48. The van der Waals surface area contributed by atoms with Crippen molar-refractivity contribution in [2.45, 2.75) is 32.8 Å². The molecule has 22 heavy (non-hydrogen) atoms. The van der Waals surface area contributed by atoms with Crippen LogP contribution >= 0.6 is 0 Å². The van der Waals surface area contributed by atoms with Crippen molar-refractivity contribution in [3.8, 4) is 5.75 Å². The van der Waals surface area contributed by atoms with Crippen molar-refractivity contribution in [1.29, 1.82) is 0 Å². The Morgan fingerprint density at radius 1 is 1.36 bits per heavy atom. The number of hydrogen-bond donors (Lipinski definition) is 2. The number of carbonyl (C=O) groups excluding carboxylic acids is 1. The van der Waals surface area contributed by atoms with Crippen molar-refractivity contribution in [2.24, 2.45) is 0 Å². The van der Waals surface area contributed by atoms with Gasteiger partial charge in [-0.2, -0.15) is 0 Å². The first-order valence-electron chi connectivity index (χ1n) is 7.20. The number of alkyl carbamates (subject to hydrolysis) is 1. The fourth-order valence-corrected chi connectivity index (χ4v) is 2.24. The van der Waals surface area contributed by atoms with E-state index in [1.165, 1.54) is 0 Å². The Kier molecular flexibility index (Phi) is 4.49. The second-order valence-electron chi connectivity index (χ2n) is 6.12. The van der Waals surface area contributed by atoms with Gasteiger partial charge in [-0.3, -0.25) is 4.68 Å². The van der Waals surface area contributed by atoms with Gasteiger partial charge < -0.3 is 20.6 Å². The Bertz CT molecular complexity index is 671. The van der Waals surface area contributed by atoms with Crippen LogP contribution in [0.3, 0.4) is 0 Å². The minimum atomic E-state index is -0.495. The van der Waals surface area contributed by atoms with Crippen LogP contribution < -0.4 is 15.9 Å². The molecule has 3 N–H and O–H groups in total. The van der Waals surface area contributed by atoms with Crippen LogP contribution in [0.4, 0.5) is 4.79 Å². The molecule has 1 aromatic heterocycles. The van der Waals surface area contributed by atoms with Gasteiger partial charge in [-0.15, -0.1) is 0 Å². The molecule has 0 saturated heterocycles. The highest BCUT2D eigenvalue weighted by atomic mass is 16.6. The van der Waals surface area contributed by atoms with E-state index in [2.05, 4.69) is 5.32 Å². The summed E-state index contributed by atoms with van der Waals surface area (Å²) in [7, 11) is 1.63. The van der Waals surface area contributed by atoms with Crippen LogP contribution in [0.5, 0.6) is 5.75 Å². The molecule has 0 saturated carbocycles. The highest BCUT2D eigenvalue weighted by molar-refractivity contribution is 5.85. The fourth-order valence-electron chi connectivity index (χ4n) is 2.24. The zero-order valence-electron chi connectivity index (χ0n) is 13.5. The van der Waals surface area contributed by atoms with Crippen LogP contribution in [0.15, 0.2) is 24.4 Å². The van der Waals surface area contributed by atoms with Gasteiger partial charge in [-0.05, 0) is 51.0 Å². The summed E-state index contributed by atoms with van der Waals surface area (Å²) in [6, 6.07) is 5.73. The third-order valence-electron chi connectivity index (χ3n) is 3.19. The van der Waals surface area contributed by atoms with Crippen molar-refractivity contribution >= 4 is 17.0 Å². The van der Waals surface area contributed by atoms with Crippen molar-refractivity contribution in [1.82, 2.24) is 9.99 Å². The van der Waals surface area contributed by atoms with E-state index in [0.29, 0.717) is 13.0 Å². The van der Waals surface area contributed by atoms with Crippen LogP contribution in [0, 0.1) is 0 Å². The van der Waals surface area contributed by atoms with Gasteiger partial charge in [0.15, 0.2) is 0 Å². The molecule has 0 aliphatic carbocycles. The van der Waals surface area contributed by atoms with E-state index in [9.17, 15) is 4.79 Å². The van der Waals surface area contributed by atoms with Gasteiger partial charge in [0.2, 0.25) is 0 Å². The molecule has 0 unspecified atom stereocenters. The van der Waals surface area contributed by atoms with Crippen molar-refractivity contribution in [3.63, 3.8) is 0 Å². The lowest BCUT2D eigenvalue weighted by Gasteiger charge is -2.19. The fraction of sp³-hybridized carbons (Fsp3) is 0.438. The number of nitrogen functional groups attached to an aromatic ring is 1. The van der Waals surface area contributed by atoms with Gasteiger partial charge in [-0.25, -0.2) is 4.79 Å². The molecule has 120 valence electrons. The van der Waals surface area contributed by atoms with E-state index in [1.54, 1.807) is 11.8 Å². The number of aromatic nitrogens is 1. The molecular formula is C16H23N3O3. The summed E-state index contributed by atoms with van der Waals surface area (Å²) >= 11 is 0. The zero-order valence-corrected chi connectivity index (χ0v) is 13.5. The molecule has 0 atom stereocenters. The zero-order chi connectivity index (χ0) is 16.3. The van der Waals surface area contributed by atoms with Crippen molar-refractivity contribution in [3.05, 3.63) is 30.0 Å². The first-order chi connectivity index (χ1) is 10.3. The Labute approximate surface area is 130 Å². The van der Waals surface area contributed by atoms with Crippen LogP contribution in [0.25, 0.3) is 10.9 Å². The number of nitrogens with one attached hydrogen (secondary N) is 1. The van der Waals surface area contributed by atoms with Crippen LogP contribution in [-0.4, -0.2) is 30.0 Å². The normalized spacial score (nSPS) is 11.5. The van der Waals surface area contributed by atoms with Gasteiger partial charge in [-0.1, -0.05) is 0 Å². The number of fused-ring (bicyclic) bond motifs is 1. The number of benzene rings is 1. The lowest BCUT2D eigenvalue weighted by atomic mass is 10.1. The molecule has 2 rings (SSSR count). The number of rotatable bonds is 4. The van der Waals surface area contributed by atoms with Crippen LogP contribution in [0.1, 0.15) is 26.3 Å². The summed E-state index contributed by atoms with van der Waals surface area (Å²) in [4.78, 5) is 11.6. The Morgan fingerprint density at radius 2 is 2.09 bits per heavy atom. The molecule has 0 spiro atoms. The molecular weight excluding hydrogens is 282 g/mol. The number of nitrogens with two attached hydrogens (primary N) is 1. The molecule has 0 aliphatic rings. The Balaban J connectivity index is 2.04. The third-order valence-corrected chi connectivity index (χ3v) is 3.19. The molecule has 0 fully saturated rings. The van der Waals surface area contributed by atoms with Crippen molar-refractivity contribution in [2.75, 3.05) is 19.5 Å². The van der Waals surface area contributed by atoms with E-state index in [1.807, 2.05) is 45.2 Å². The maximum atomic E-state index is 11.6. The van der Waals surface area contributed by atoms with E-state index in [4.69, 9.17) is 15.3 Å². The van der Waals surface area contributed by atoms with Gasteiger partial charge in [0.05, 0.1) is 12.6 Å². The lowest BCUT2D eigenvalue weighted by molar-refractivity contribution is 0.0528. The number of nitrogens with zero attached hydrogens (tertiary/aromatic N) is 1. The maximum absolute atomic E-state index is 11.6. The van der Waals surface area contributed by atoms with E-state index < -0.39 is 11.7 Å². The summed E-state index contributed by atoms with van der Waals surface area (Å²) < 4.78 is 12.0. The van der Waals surface area contributed by atoms with E-state index in [-0.39, 0.29) is 0 Å². The summed E-state index contributed by atoms with van der Waals surface area (Å²) in [5.74, 6) is 6.72. The van der Waals surface area contributed by atoms with Crippen molar-refractivity contribution < 1.29 is 14.3 Å². The predicted octanol–water partition coefficient (Wildman–Crippen LogP) is 2.43. The molecule has 6 heteroatoms. The smallest absolute Gasteiger partial charge is 0.407 e. The molecule has 2 aromatic rings. The highest BCUT2D eigenvalue weighted by Crippen LogP contribution is 2.25. The van der Waals surface area contributed by atoms with E-state index in [0.717, 1.165) is 22.2 Å². The first-order valence-corrected chi connectivity index (χ1v) is 7.20. The number of methoxy groups -OCH3 is 1. The highest BCUT2D eigenvalue weighted by Gasteiger charge is 2.16. The quantitative estimate of drug-likeness (QED) is 0.850. The maximum Gasteiger partial charge on any atom is 0.407 e. The molecule has 0 radical (unpaired) electrons. The molecule has 1 aromatic carbocycles. The standard InChI is InChI=1S/C16H23N3O3/c1-16(2,3)22-15(20)18-8-7-11-10-19(17)14-6-5-12(21-4)9-13(11)14/h5-6,9-10H,7-8,17H2,1-4H3,(H,18,20). The summed E-state index contributed by atoms with van der Waals surface area (Å²) in [6.45, 7) is 5.98. The summed E-state index contributed by atoms with van der Waals surface area (Å²) in [5, 5.41) is 3.77. The SMILES string of the molecule is COc1ccc2c(c1)c(CCNC(=O)OC(C)(C)C)cn2N. The van der Waals surface area contributed by atoms with Gasteiger partial charge in [0.1, 0.15) is 11.4 Å². The number of amides is 1. The average Bonchev–Trinajstić information content (AvgIpc) is 2.73. The van der Waals surface area contributed by atoms with Gasteiger partial charge in [0, 0.05) is 18.1 Å². The minimum Gasteiger partial charge on any atom is -0.497 e. The Hall–Kier alpha value is -2.37. The number of carbonyl (C=O) groups is 1. The number of ether oxygens (including phenoxy) is 2. The lowest BCUT2D eigenvalue weighted by Crippen LogP contribution is -2.33. The topological polar surface area (TPSA) is 78.5 Å². The minimum absolute atomic E-state index is 0.415. The molecule has 6 nitrogen and oxygen atoms in total. The Morgan fingerprint density at radius 3 is 2.73 bits per heavy atom. The largest absolute Gasteiger partial charge is 0.497 e. The molecule has 1 heterocycles. The van der Waals surface area contributed by atoms with Crippen LogP contribution in [-0.2, 0) is 11.2 Å². The summed E-state index contributed by atoms with van der Waals surface area (Å²) in [6.07, 6.45) is 2.11. The third kappa shape index (κ3) is 3.84. The molecule has 1 amide bonds. The monoisotopic (exact) mass is 305 g/mol. The molecule has 0 bridgehead atoms.